The lowest BCUT2D eigenvalue weighted by atomic mass is 10.1. The van der Waals surface area contributed by atoms with Crippen LogP contribution < -0.4 is 0 Å². The highest BCUT2D eigenvalue weighted by Crippen LogP contribution is 2.27. The van der Waals surface area contributed by atoms with E-state index in [9.17, 15) is 14.5 Å². The van der Waals surface area contributed by atoms with Gasteiger partial charge in [-0.25, -0.2) is 0 Å². The number of thioether (sulfide) groups is 1. The summed E-state index contributed by atoms with van der Waals surface area (Å²) in [4.78, 5) is 12.4. The maximum Gasteiger partial charge on any atom is 0.304 e. The standard InChI is InChI=1S/C16H21FN2O3S/c17-15-8-12(3-4-16(15)19(20)21)9-18(13-5-7-23-11-13)10-14-2-1-6-22-14/h3-4,8,13-14H,1-2,5-7,9-11H2. The number of nitro groups is 1. The van der Waals surface area contributed by atoms with Crippen molar-refractivity contribution in [2.75, 3.05) is 24.7 Å². The van der Waals surface area contributed by atoms with Gasteiger partial charge in [0.1, 0.15) is 0 Å². The normalized spacial score (nSPS) is 24.4. The van der Waals surface area contributed by atoms with Crippen molar-refractivity contribution in [1.29, 1.82) is 0 Å². The maximum atomic E-state index is 13.8. The van der Waals surface area contributed by atoms with Crippen LogP contribution in [0.1, 0.15) is 24.8 Å². The van der Waals surface area contributed by atoms with E-state index in [4.69, 9.17) is 4.74 Å². The number of rotatable bonds is 6. The highest BCUT2D eigenvalue weighted by atomic mass is 32.2. The Morgan fingerprint density at radius 1 is 1.43 bits per heavy atom. The van der Waals surface area contributed by atoms with Gasteiger partial charge < -0.3 is 4.74 Å². The molecule has 2 aliphatic heterocycles. The van der Waals surface area contributed by atoms with E-state index in [0.29, 0.717) is 12.6 Å². The zero-order chi connectivity index (χ0) is 16.2. The van der Waals surface area contributed by atoms with Crippen LogP contribution in [0, 0.1) is 15.9 Å². The Morgan fingerprint density at radius 3 is 2.91 bits per heavy atom. The number of ether oxygens (including phenoxy) is 1. The molecule has 126 valence electrons. The van der Waals surface area contributed by atoms with Crippen molar-refractivity contribution in [2.45, 2.75) is 38.0 Å². The molecule has 2 unspecified atom stereocenters. The van der Waals surface area contributed by atoms with Gasteiger partial charge in [-0.3, -0.25) is 15.0 Å². The average molecular weight is 340 g/mol. The monoisotopic (exact) mass is 340 g/mol. The third kappa shape index (κ3) is 4.22. The summed E-state index contributed by atoms with van der Waals surface area (Å²) in [6, 6.07) is 4.69. The molecule has 0 aromatic heterocycles. The first-order chi connectivity index (χ1) is 11.1. The van der Waals surface area contributed by atoms with Gasteiger partial charge in [-0.05, 0) is 36.6 Å². The predicted octanol–water partition coefficient (Wildman–Crippen LogP) is 3.22. The molecule has 0 bridgehead atoms. The molecule has 0 amide bonds. The molecule has 0 N–H and O–H groups in total. The molecular weight excluding hydrogens is 319 g/mol. The molecule has 0 saturated carbocycles. The van der Waals surface area contributed by atoms with Crippen molar-refractivity contribution in [3.8, 4) is 0 Å². The van der Waals surface area contributed by atoms with Crippen LogP contribution in [0.2, 0.25) is 0 Å². The zero-order valence-corrected chi connectivity index (χ0v) is 13.8. The summed E-state index contributed by atoms with van der Waals surface area (Å²) in [7, 11) is 0. The topological polar surface area (TPSA) is 55.6 Å². The van der Waals surface area contributed by atoms with Gasteiger partial charge in [0.2, 0.25) is 5.82 Å². The maximum absolute atomic E-state index is 13.8. The van der Waals surface area contributed by atoms with E-state index in [1.165, 1.54) is 12.1 Å². The minimum atomic E-state index is -0.759. The second-order valence-corrected chi connectivity index (χ2v) is 7.27. The molecule has 2 heterocycles. The molecule has 2 saturated heterocycles. The summed E-state index contributed by atoms with van der Waals surface area (Å²) in [6.45, 7) is 2.29. The lowest BCUT2D eigenvalue weighted by Gasteiger charge is -2.30. The molecule has 0 aliphatic carbocycles. The number of nitrogens with zero attached hydrogens (tertiary/aromatic N) is 2. The Morgan fingerprint density at radius 2 is 2.30 bits per heavy atom. The second kappa shape index (κ2) is 7.59. The number of hydrogen-bond donors (Lipinski definition) is 0. The van der Waals surface area contributed by atoms with Crippen molar-refractivity contribution in [1.82, 2.24) is 4.90 Å². The molecular formula is C16H21FN2O3S. The van der Waals surface area contributed by atoms with E-state index in [0.717, 1.165) is 49.5 Å². The fraction of sp³-hybridized carbons (Fsp3) is 0.625. The predicted molar refractivity (Wildman–Crippen MR) is 88.2 cm³/mol. The molecule has 2 fully saturated rings. The van der Waals surface area contributed by atoms with Crippen molar-refractivity contribution in [3.63, 3.8) is 0 Å². The first-order valence-corrected chi connectivity index (χ1v) is 9.15. The van der Waals surface area contributed by atoms with Gasteiger partial charge in [0.25, 0.3) is 0 Å². The van der Waals surface area contributed by atoms with Gasteiger partial charge in [-0.15, -0.1) is 0 Å². The minimum Gasteiger partial charge on any atom is -0.377 e. The molecule has 2 atom stereocenters. The molecule has 7 heteroatoms. The van der Waals surface area contributed by atoms with E-state index in [1.54, 1.807) is 6.07 Å². The van der Waals surface area contributed by atoms with Crippen molar-refractivity contribution >= 4 is 17.4 Å². The Hall–Kier alpha value is -1.18. The lowest BCUT2D eigenvalue weighted by molar-refractivity contribution is -0.387. The van der Waals surface area contributed by atoms with E-state index in [2.05, 4.69) is 4.90 Å². The Kier molecular flexibility index (Phi) is 5.50. The summed E-state index contributed by atoms with van der Waals surface area (Å²) < 4.78 is 19.6. The summed E-state index contributed by atoms with van der Waals surface area (Å²) in [5, 5.41) is 10.7. The van der Waals surface area contributed by atoms with E-state index < -0.39 is 16.4 Å². The van der Waals surface area contributed by atoms with Crippen molar-refractivity contribution in [3.05, 3.63) is 39.7 Å². The summed E-state index contributed by atoms with van der Waals surface area (Å²) >= 11 is 1.94. The number of hydrogen-bond acceptors (Lipinski definition) is 5. The van der Waals surface area contributed by atoms with Crippen LogP contribution in [0.3, 0.4) is 0 Å². The SMILES string of the molecule is O=[N+]([O-])c1ccc(CN(CC2CCCO2)C2CCSC2)cc1F. The first kappa shape index (κ1) is 16.7. The van der Waals surface area contributed by atoms with Crippen LogP contribution in [0.5, 0.6) is 0 Å². The van der Waals surface area contributed by atoms with Crippen LogP contribution in [0.4, 0.5) is 10.1 Å². The van der Waals surface area contributed by atoms with Crippen LogP contribution in [-0.4, -0.2) is 46.6 Å². The third-order valence-corrected chi connectivity index (χ3v) is 5.62. The van der Waals surface area contributed by atoms with E-state index in [1.807, 2.05) is 11.8 Å². The third-order valence-electron chi connectivity index (χ3n) is 4.48. The van der Waals surface area contributed by atoms with Gasteiger partial charge in [0, 0.05) is 37.6 Å². The lowest BCUT2D eigenvalue weighted by Crippen LogP contribution is -2.40. The smallest absolute Gasteiger partial charge is 0.304 e. The second-order valence-electron chi connectivity index (χ2n) is 6.12. The van der Waals surface area contributed by atoms with Crippen LogP contribution in [0.25, 0.3) is 0 Å². The average Bonchev–Trinajstić information content (AvgIpc) is 3.20. The van der Waals surface area contributed by atoms with Gasteiger partial charge >= 0.3 is 5.69 Å². The molecule has 23 heavy (non-hydrogen) atoms. The fourth-order valence-corrected chi connectivity index (χ4v) is 4.49. The highest BCUT2D eigenvalue weighted by molar-refractivity contribution is 7.99. The molecule has 2 aliphatic rings. The van der Waals surface area contributed by atoms with Crippen molar-refractivity contribution in [2.24, 2.45) is 0 Å². The van der Waals surface area contributed by atoms with Crippen LogP contribution in [-0.2, 0) is 11.3 Å². The largest absolute Gasteiger partial charge is 0.377 e. The summed E-state index contributed by atoms with van der Waals surface area (Å²) in [5.74, 6) is 1.48. The Labute approximate surface area is 139 Å². The first-order valence-electron chi connectivity index (χ1n) is 7.99. The molecule has 3 rings (SSSR count). The van der Waals surface area contributed by atoms with Crippen molar-refractivity contribution < 1.29 is 14.1 Å². The number of nitro benzene ring substituents is 1. The highest BCUT2D eigenvalue weighted by Gasteiger charge is 2.27. The van der Waals surface area contributed by atoms with Gasteiger partial charge in [-0.2, -0.15) is 16.2 Å². The molecule has 0 spiro atoms. The van der Waals surface area contributed by atoms with Gasteiger partial charge in [-0.1, -0.05) is 6.07 Å². The zero-order valence-electron chi connectivity index (χ0n) is 12.9. The molecule has 1 aromatic rings. The Balaban J connectivity index is 1.71. The van der Waals surface area contributed by atoms with Gasteiger partial charge in [0.05, 0.1) is 11.0 Å². The summed E-state index contributed by atoms with van der Waals surface area (Å²) in [5.41, 5.74) is 0.318. The van der Waals surface area contributed by atoms with E-state index >= 15 is 0 Å². The van der Waals surface area contributed by atoms with Gasteiger partial charge in [0.15, 0.2) is 0 Å². The number of halogens is 1. The number of benzene rings is 1. The summed E-state index contributed by atoms with van der Waals surface area (Å²) in [6.07, 6.45) is 3.56. The quantitative estimate of drug-likeness (QED) is 0.588. The fourth-order valence-electron chi connectivity index (χ4n) is 3.23. The molecule has 0 radical (unpaired) electrons. The van der Waals surface area contributed by atoms with E-state index in [-0.39, 0.29) is 6.10 Å². The van der Waals surface area contributed by atoms with Crippen LogP contribution in [0.15, 0.2) is 18.2 Å². The molecule has 1 aromatic carbocycles. The van der Waals surface area contributed by atoms with Crippen LogP contribution >= 0.6 is 11.8 Å². The minimum absolute atomic E-state index is 0.253. The molecule has 5 nitrogen and oxygen atoms in total. The Bertz CT molecular complexity index is 560.